The average molecular weight is 256 g/mol. The van der Waals surface area contributed by atoms with E-state index in [0.717, 1.165) is 25.2 Å². The Kier molecular flexibility index (Phi) is 3.28. The molecule has 1 nitrogen and oxygen atoms in total. The Morgan fingerprint density at radius 2 is 2.00 bits per heavy atom. The Morgan fingerprint density at radius 1 is 1.11 bits per heavy atom. The SMILES string of the molecule is Cc1ccccc1Sc1ccc2c(c1)OCCC2. The molecule has 92 valence electrons. The summed E-state index contributed by atoms with van der Waals surface area (Å²) in [5, 5.41) is 0. The second-order valence-electron chi connectivity index (χ2n) is 4.59. The fraction of sp³-hybridized carbons (Fsp3) is 0.250. The molecule has 0 saturated carbocycles. The first-order chi connectivity index (χ1) is 8.83. The van der Waals surface area contributed by atoms with Gasteiger partial charge in [0.2, 0.25) is 0 Å². The highest BCUT2D eigenvalue weighted by molar-refractivity contribution is 7.99. The molecule has 0 amide bonds. The third-order valence-electron chi connectivity index (χ3n) is 3.21. The summed E-state index contributed by atoms with van der Waals surface area (Å²) in [6, 6.07) is 15.1. The molecule has 1 aliphatic heterocycles. The molecule has 0 atom stereocenters. The molecule has 0 radical (unpaired) electrons. The number of rotatable bonds is 2. The van der Waals surface area contributed by atoms with Crippen molar-refractivity contribution in [2.24, 2.45) is 0 Å². The van der Waals surface area contributed by atoms with E-state index >= 15 is 0 Å². The van der Waals surface area contributed by atoms with Crippen LogP contribution in [0.15, 0.2) is 52.3 Å². The average Bonchev–Trinajstić information content (AvgIpc) is 2.41. The van der Waals surface area contributed by atoms with Crippen LogP contribution in [0.3, 0.4) is 0 Å². The normalized spacial score (nSPS) is 13.8. The molecule has 0 bridgehead atoms. The van der Waals surface area contributed by atoms with Gasteiger partial charge in [-0.25, -0.2) is 0 Å². The van der Waals surface area contributed by atoms with Crippen molar-refractivity contribution in [1.82, 2.24) is 0 Å². The van der Waals surface area contributed by atoms with Gasteiger partial charge >= 0.3 is 0 Å². The van der Waals surface area contributed by atoms with Gasteiger partial charge in [-0.3, -0.25) is 0 Å². The van der Waals surface area contributed by atoms with Crippen molar-refractivity contribution in [3.63, 3.8) is 0 Å². The summed E-state index contributed by atoms with van der Waals surface area (Å²) in [4.78, 5) is 2.57. The third kappa shape index (κ3) is 2.39. The molecule has 2 aromatic rings. The Morgan fingerprint density at radius 3 is 2.89 bits per heavy atom. The largest absolute Gasteiger partial charge is 0.493 e. The smallest absolute Gasteiger partial charge is 0.123 e. The second-order valence-corrected chi connectivity index (χ2v) is 5.70. The first-order valence-corrected chi connectivity index (χ1v) is 7.14. The van der Waals surface area contributed by atoms with Crippen LogP contribution >= 0.6 is 11.8 Å². The lowest BCUT2D eigenvalue weighted by Crippen LogP contribution is -2.07. The molecule has 0 N–H and O–H groups in total. The highest BCUT2D eigenvalue weighted by Crippen LogP contribution is 2.35. The van der Waals surface area contributed by atoms with E-state index in [0.29, 0.717) is 0 Å². The van der Waals surface area contributed by atoms with E-state index < -0.39 is 0 Å². The maximum absolute atomic E-state index is 5.72. The lowest BCUT2D eigenvalue weighted by molar-refractivity contribution is 0.287. The Labute approximate surface area is 112 Å². The molecule has 0 unspecified atom stereocenters. The standard InChI is InChI=1S/C16H16OS/c1-12-5-2-3-7-16(12)18-14-9-8-13-6-4-10-17-15(13)11-14/h2-3,5,7-9,11H,4,6,10H2,1H3. The Bertz CT molecular complexity index is 563. The molecule has 3 rings (SSSR count). The lowest BCUT2D eigenvalue weighted by atomic mass is 10.1. The van der Waals surface area contributed by atoms with Gasteiger partial charge < -0.3 is 4.74 Å². The molecule has 1 aliphatic rings. The number of benzene rings is 2. The molecule has 18 heavy (non-hydrogen) atoms. The van der Waals surface area contributed by atoms with Gasteiger partial charge in [-0.15, -0.1) is 0 Å². The van der Waals surface area contributed by atoms with Crippen LogP contribution in [0.4, 0.5) is 0 Å². The first-order valence-electron chi connectivity index (χ1n) is 6.32. The van der Waals surface area contributed by atoms with Crippen molar-refractivity contribution in [1.29, 1.82) is 0 Å². The summed E-state index contributed by atoms with van der Waals surface area (Å²) >= 11 is 1.81. The van der Waals surface area contributed by atoms with Gasteiger partial charge in [0.05, 0.1) is 6.61 Å². The Balaban J connectivity index is 1.87. The van der Waals surface area contributed by atoms with Crippen LogP contribution in [0.25, 0.3) is 0 Å². The number of aryl methyl sites for hydroxylation is 2. The Hall–Kier alpha value is -1.41. The molecule has 1 heterocycles. The molecule has 0 saturated heterocycles. The molecule has 0 fully saturated rings. The minimum Gasteiger partial charge on any atom is -0.493 e. The van der Waals surface area contributed by atoms with Crippen molar-refractivity contribution in [2.45, 2.75) is 29.6 Å². The summed E-state index contributed by atoms with van der Waals surface area (Å²) in [7, 11) is 0. The zero-order valence-corrected chi connectivity index (χ0v) is 11.3. The lowest BCUT2D eigenvalue weighted by Gasteiger charge is -2.17. The van der Waals surface area contributed by atoms with Crippen molar-refractivity contribution < 1.29 is 4.74 Å². The summed E-state index contributed by atoms with van der Waals surface area (Å²) in [6.45, 7) is 3.00. The molecule has 0 spiro atoms. The quantitative estimate of drug-likeness (QED) is 0.784. The van der Waals surface area contributed by atoms with Crippen LogP contribution in [0.1, 0.15) is 17.5 Å². The van der Waals surface area contributed by atoms with E-state index in [1.807, 2.05) is 11.8 Å². The predicted octanol–water partition coefficient (Wildman–Crippen LogP) is 4.47. The summed E-state index contributed by atoms with van der Waals surface area (Å²) in [6.07, 6.45) is 2.28. The third-order valence-corrected chi connectivity index (χ3v) is 4.38. The van der Waals surface area contributed by atoms with Crippen molar-refractivity contribution >= 4 is 11.8 Å². The summed E-state index contributed by atoms with van der Waals surface area (Å²) < 4.78 is 5.72. The van der Waals surface area contributed by atoms with Crippen LogP contribution in [0, 0.1) is 6.92 Å². The van der Waals surface area contributed by atoms with Crippen LogP contribution < -0.4 is 4.74 Å². The van der Waals surface area contributed by atoms with E-state index in [-0.39, 0.29) is 0 Å². The van der Waals surface area contributed by atoms with E-state index in [1.165, 1.54) is 20.9 Å². The predicted molar refractivity (Wildman–Crippen MR) is 75.6 cm³/mol. The fourth-order valence-electron chi connectivity index (χ4n) is 2.18. The molecule has 2 heteroatoms. The zero-order valence-electron chi connectivity index (χ0n) is 10.5. The number of ether oxygens (including phenoxy) is 1. The van der Waals surface area contributed by atoms with Gasteiger partial charge in [-0.1, -0.05) is 36.0 Å². The van der Waals surface area contributed by atoms with Crippen molar-refractivity contribution in [2.75, 3.05) is 6.61 Å². The monoisotopic (exact) mass is 256 g/mol. The fourth-order valence-corrected chi connectivity index (χ4v) is 3.11. The number of hydrogen-bond donors (Lipinski definition) is 0. The van der Waals surface area contributed by atoms with Gasteiger partial charge in [0.25, 0.3) is 0 Å². The van der Waals surface area contributed by atoms with Crippen LogP contribution in [0.2, 0.25) is 0 Å². The number of hydrogen-bond acceptors (Lipinski definition) is 2. The van der Waals surface area contributed by atoms with Gasteiger partial charge in [0, 0.05) is 9.79 Å². The minimum absolute atomic E-state index is 0.853. The van der Waals surface area contributed by atoms with E-state index in [4.69, 9.17) is 4.74 Å². The maximum Gasteiger partial charge on any atom is 0.123 e. The molecular weight excluding hydrogens is 240 g/mol. The zero-order chi connectivity index (χ0) is 12.4. The van der Waals surface area contributed by atoms with Gasteiger partial charge in [-0.2, -0.15) is 0 Å². The molecule has 0 aromatic heterocycles. The molecule has 2 aromatic carbocycles. The van der Waals surface area contributed by atoms with Gasteiger partial charge in [0.1, 0.15) is 5.75 Å². The highest BCUT2D eigenvalue weighted by Gasteiger charge is 2.11. The van der Waals surface area contributed by atoms with E-state index in [2.05, 4.69) is 49.4 Å². The van der Waals surface area contributed by atoms with Gasteiger partial charge in [-0.05, 0) is 49.1 Å². The van der Waals surface area contributed by atoms with Crippen molar-refractivity contribution in [3.05, 3.63) is 53.6 Å². The summed E-state index contributed by atoms with van der Waals surface area (Å²) in [5.41, 5.74) is 2.66. The van der Waals surface area contributed by atoms with Crippen LogP contribution in [-0.2, 0) is 6.42 Å². The van der Waals surface area contributed by atoms with Crippen LogP contribution in [0.5, 0.6) is 5.75 Å². The molecule has 0 aliphatic carbocycles. The summed E-state index contributed by atoms with van der Waals surface area (Å²) in [5.74, 6) is 1.07. The minimum atomic E-state index is 0.853. The van der Waals surface area contributed by atoms with Gasteiger partial charge in [0.15, 0.2) is 0 Å². The second kappa shape index (κ2) is 5.07. The van der Waals surface area contributed by atoms with E-state index in [9.17, 15) is 0 Å². The van der Waals surface area contributed by atoms with Crippen molar-refractivity contribution in [3.8, 4) is 5.75 Å². The topological polar surface area (TPSA) is 9.23 Å². The number of fused-ring (bicyclic) bond motifs is 1. The van der Waals surface area contributed by atoms with Crippen LogP contribution in [-0.4, -0.2) is 6.61 Å². The highest BCUT2D eigenvalue weighted by atomic mass is 32.2. The molecular formula is C16H16OS. The maximum atomic E-state index is 5.72. The first kappa shape index (κ1) is 11.7. The van der Waals surface area contributed by atoms with E-state index in [1.54, 1.807) is 0 Å².